The third kappa shape index (κ3) is 3.31. The predicted molar refractivity (Wildman–Crippen MR) is 86.4 cm³/mol. The summed E-state index contributed by atoms with van der Waals surface area (Å²) in [5.74, 6) is -0.0745. The third-order valence-electron chi connectivity index (χ3n) is 4.43. The molecule has 0 unspecified atom stereocenters. The monoisotopic (exact) mass is 301 g/mol. The van der Waals surface area contributed by atoms with Gasteiger partial charge in [-0.05, 0) is 30.5 Å². The molecule has 2 heterocycles. The highest BCUT2D eigenvalue weighted by atomic mass is 16.3. The number of rotatable bonds is 3. The maximum Gasteiger partial charge on any atom is 0.217 e. The molecule has 1 aromatic heterocycles. The molecule has 1 aromatic carbocycles. The first-order chi connectivity index (χ1) is 10.6. The number of H-pyrrole nitrogens is 1. The number of likely N-dealkylation sites (tertiary alicyclic amines) is 1. The van der Waals surface area contributed by atoms with E-state index < -0.39 is 6.10 Å². The zero-order valence-corrected chi connectivity index (χ0v) is 12.9. The zero-order chi connectivity index (χ0) is 15.5. The van der Waals surface area contributed by atoms with Gasteiger partial charge in [0.25, 0.3) is 0 Å². The minimum absolute atomic E-state index is 0.0745. The minimum atomic E-state index is -0.461. The molecule has 118 valence electrons. The van der Waals surface area contributed by atoms with E-state index >= 15 is 0 Å². The molecule has 1 fully saturated rings. The lowest BCUT2D eigenvalue weighted by Crippen LogP contribution is -2.42. The van der Waals surface area contributed by atoms with Crippen LogP contribution in [0.4, 0.5) is 0 Å². The van der Waals surface area contributed by atoms with Crippen molar-refractivity contribution in [1.29, 1.82) is 0 Å². The van der Waals surface area contributed by atoms with Gasteiger partial charge < -0.3 is 15.4 Å². The van der Waals surface area contributed by atoms with Crippen molar-refractivity contribution in [3.63, 3.8) is 0 Å². The highest BCUT2D eigenvalue weighted by Crippen LogP contribution is 2.21. The number of aliphatic hydroxyl groups excluding tert-OH is 1. The smallest absolute Gasteiger partial charge is 0.217 e. The molecule has 1 aliphatic rings. The van der Waals surface area contributed by atoms with Crippen LogP contribution in [0.1, 0.15) is 25.3 Å². The summed E-state index contributed by atoms with van der Waals surface area (Å²) in [6.45, 7) is 4.09. The third-order valence-corrected chi connectivity index (χ3v) is 4.43. The molecule has 5 heteroatoms. The van der Waals surface area contributed by atoms with E-state index in [0.717, 1.165) is 31.6 Å². The summed E-state index contributed by atoms with van der Waals surface area (Å²) in [6, 6.07) is 8.28. The molecule has 0 saturated carbocycles. The van der Waals surface area contributed by atoms with Crippen molar-refractivity contribution in [2.24, 2.45) is 0 Å². The Morgan fingerprint density at radius 3 is 3.00 bits per heavy atom. The topological polar surface area (TPSA) is 68.4 Å². The first kappa shape index (κ1) is 15.1. The van der Waals surface area contributed by atoms with Crippen LogP contribution >= 0.6 is 0 Å². The normalized spacial score (nSPS) is 23.4. The molecule has 1 saturated heterocycles. The summed E-state index contributed by atoms with van der Waals surface area (Å²) in [4.78, 5) is 16.8. The van der Waals surface area contributed by atoms with Gasteiger partial charge in [0.2, 0.25) is 5.91 Å². The average Bonchev–Trinajstić information content (AvgIpc) is 2.90. The summed E-state index contributed by atoms with van der Waals surface area (Å²) in [5, 5.41) is 14.3. The van der Waals surface area contributed by atoms with E-state index in [2.05, 4.69) is 39.5 Å². The van der Waals surface area contributed by atoms with Gasteiger partial charge in [-0.3, -0.25) is 9.69 Å². The number of aromatic amines is 1. The van der Waals surface area contributed by atoms with E-state index in [4.69, 9.17) is 0 Å². The Kier molecular flexibility index (Phi) is 4.45. The van der Waals surface area contributed by atoms with Crippen molar-refractivity contribution >= 4 is 16.8 Å². The van der Waals surface area contributed by atoms with Crippen molar-refractivity contribution in [3.05, 3.63) is 36.0 Å². The van der Waals surface area contributed by atoms with Crippen LogP contribution in [0.2, 0.25) is 0 Å². The summed E-state index contributed by atoms with van der Waals surface area (Å²) in [6.07, 6.45) is 2.97. The molecule has 2 atom stereocenters. The highest BCUT2D eigenvalue weighted by Gasteiger charge is 2.25. The number of nitrogens with one attached hydrogen (secondary N) is 2. The summed E-state index contributed by atoms with van der Waals surface area (Å²) in [5.41, 5.74) is 2.45. The number of carbonyl (C=O) groups is 1. The molecule has 0 bridgehead atoms. The maximum atomic E-state index is 11.2. The van der Waals surface area contributed by atoms with Gasteiger partial charge >= 0.3 is 0 Å². The SMILES string of the molecule is CC(=O)N[C@H]1CCN(Cc2cccc3[nH]ccc23)CC[C@@H]1O. The van der Waals surface area contributed by atoms with Crippen LogP contribution in [-0.4, -0.2) is 46.1 Å². The van der Waals surface area contributed by atoms with E-state index in [1.807, 2.05) is 6.20 Å². The Labute approximate surface area is 130 Å². The van der Waals surface area contributed by atoms with E-state index in [9.17, 15) is 9.90 Å². The largest absolute Gasteiger partial charge is 0.391 e. The fourth-order valence-electron chi connectivity index (χ4n) is 3.26. The lowest BCUT2D eigenvalue weighted by molar-refractivity contribution is -0.120. The number of hydrogen-bond donors (Lipinski definition) is 3. The van der Waals surface area contributed by atoms with E-state index in [1.54, 1.807) is 0 Å². The molecule has 0 aliphatic carbocycles. The Morgan fingerprint density at radius 1 is 1.36 bits per heavy atom. The lowest BCUT2D eigenvalue weighted by Gasteiger charge is -2.21. The quantitative estimate of drug-likeness (QED) is 0.807. The fourth-order valence-corrected chi connectivity index (χ4v) is 3.26. The second-order valence-electron chi connectivity index (χ2n) is 6.08. The molecule has 3 N–H and O–H groups in total. The molecule has 22 heavy (non-hydrogen) atoms. The number of aliphatic hydroxyl groups is 1. The molecular weight excluding hydrogens is 278 g/mol. The van der Waals surface area contributed by atoms with Crippen LogP contribution < -0.4 is 5.32 Å². The molecule has 0 spiro atoms. The number of hydrogen-bond acceptors (Lipinski definition) is 3. The maximum absolute atomic E-state index is 11.2. The van der Waals surface area contributed by atoms with E-state index in [1.165, 1.54) is 17.9 Å². The van der Waals surface area contributed by atoms with Crippen molar-refractivity contribution in [1.82, 2.24) is 15.2 Å². The van der Waals surface area contributed by atoms with Crippen molar-refractivity contribution in [2.45, 2.75) is 38.5 Å². The van der Waals surface area contributed by atoms with Crippen LogP contribution in [0, 0.1) is 0 Å². The fraction of sp³-hybridized carbons (Fsp3) is 0.471. The second kappa shape index (κ2) is 6.50. The molecule has 3 rings (SSSR count). The molecule has 5 nitrogen and oxygen atoms in total. The van der Waals surface area contributed by atoms with Gasteiger partial charge in [-0.1, -0.05) is 12.1 Å². The van der Waals surface area contributed by atoms with Crippen molar-refractivity contribution in [3.8, 4) is 0 Å². The average molecular weight is 301 g/mol. The molecule has 0 radical (unpaired) electrons. The summed E-state index contributed by atoms with van der Waals surface area (Å²) < 4.78 is 0. The van der Waals surface area contributed by atoms with Gasteiger partial charge in [-0.2, -0.15) is 0 Å². The van der Waals surface area contributed by atoms with Crippen molar-refractivity contribution < 1.29 is 9.90 Å². The number of carbonyl (C=O) groups excluding carboxylic acids is 1. The van der Waals surface area contributed by atoms with E-state index in [-0.39, 0.29) is 11.9 Å². The van der Waals surface area contributed by atoms with Gasteiger partial charge in [0, 0.05) is 43.7 Å². The summed E-state index contributed by atoms with van der Waals surface area (Å²) >= 11 is 0. The van der Waals surface area contributed by atoms with Crippen LogP contribution in [0.15, 0.2) is 30.5 Å². The van der Waals surface area contributed by atoms with Crippen LogP contribution in [-0.2, 0) is 11.3 Å². The highest BCUT2D eigenvalue weighted by molar-refractivity contribution is 5.82. The van der Waals surface area contributed by atoms with Crippen LogP contribution in [0.3, 0.4) is 0 Å². The van der Waals surface area contributed by atoms with Gasteiger partial charge in [-0.15, -0.1) is 0 Å². The number of nitrogens with zero attached hydrogens (tertiary/aromatic N) is 1. The van der Waals surface area contributed by atoms with Crippen LogP contribution in [0.5, 0.6) is 0 Å². The Hall–Kier alpha value is -1.85. The van der Waals surface area contributed by atoms with Crippen LogP contribution in [0.25, 0.3) is 10.9 Å². The zero-order valence-electron chi connectivity index (χ0n) is 12.9. The lowest BCUT2D eigenvalue weighted by atomic mass is 10.1. The Morgan fingerprint density at radius 2 is 2.18 bits per heavy atom. The van der Waals surface area contributed by atoms with E-state index in [0.29, 0.717) is 6.42 Å². The van der Waals surface area contributed by atoms with Gasteiger partial charge in [-0.25, -0.2) is 0 Å². The Balaban J connectivity index is 1.69. The number of benzene rings is 1. The predicted octanol–water partition coefficient (Wildman–Crippen LogP) is 1.63. The molecular formula is C17H23N3O2. The minimum Gasteiger partial charge on any atom is -0.391 e. The first-order valence-electron chi connectivity index (χ1n) is 7.86. The van der Waals surface area contributed by atoms with Gasteiger partial charge in [0.15, 0.2) is 0 Å². The number of fused-ring (bicyclic) bond motifs is 1. The number of aromatic nitrogens is 1. The van der Waals surface area contributed by atoms with Crippen molar-refractivity contribution in [2.75, 3.05) is 13.1 Å². The molecule has 1 amide bonds. The standard InChI is InChI=1S/C17H23N3O2/c1-12(21)19-16-6-9-20(10-7-17(16)22)11-13-3-2-4-15-14(13)5-8-18-15/h2-5,8,16-18,22H,6-7,9-11H2,1H3,(H,19,21)/t16-,17-/m0/s1. The number of amides is 1. The molecule has 1 aliphatic heterocycles. The molecule has 2 aromatic rings. The van der Waals surface area contributed by atoms with Gasteiger partial charge in [0.1, 0.15) is 0 Å². The van der Waals surface area contributed by atoms with Gasteiger partial charge in [0.05, 0.1) is 12.1 Å². The second-order valence-corrected chi connectivity index (χ2v) is 6.08. The first-order valence-corrected chi connectivity index (χ1v) is 7.86. The summed E-state index contributed by atoms with van der Waals surface area (Å²) in [7, 11) is 0. The Bertz CT molecular complexity index is 652.